The molecule has 45 heavy (non-hydrogen) atoms. The highest BCUT2D eigenvalue weighted by atomic mass is 32.1. The molecule has 4 rings (SSSR count). The number of alkyl halides is 9. The summed E-state index contributed by atoms with van der Waals surface area (Å²) in [5.41, 5.74) is 2.35. The van der Waals surface area contributed by atoms with Gasteiger partial charge in [-0.1, -0.05) is 6.07 Å². The zero-order chi connectivity index (χ0) is 34.8. The summed E-state index contributed by atoms with van der Waals surface area (Å²) in [6, 6.07) is 6.17. The van der Waals surface area contributed by atoms with E-state index >= 15 is 0 Å². The molecule has 4 heterocycles. The van der Waals surface area contributed by atoms with Crippen molar-refractivity contribution in [3.63, 3.8) is 0 Å². The monoisotopic (exact) mass is 684 g/mol. The molecular weight excluding hydrogens is 659 g/mol. The first-order chi connectivity index (χ1) is 20.5. The van der Waals surface area contributed by atoms with Crippen molar-refractivity contribution in [2.75, 3.05) is 38.1 Å². The Labute approximate surface area is 252 Å². The van der Waals surface area contributed by atoms with Gasteiger partial charge in [-0.3, -0.25) is 19.6 Å². The summed E-state index contributed by atoms with van der Waals surface area (Å²) in [6.45, 7) is 4.26. The van der Waals surface area contributed by atoms with Gasteiger partial charge >= 0.3 is 36.4 Å². The molecular formula is C24H25F9N4O7S. The third kappa shape index (κ3) is 12.9. The third-order valence-corrected chi connectivity index (χ3v) is 6.69. The number of carboxylic acid groups (broad SMARTS) is 3. The highest BCUT2D eigenvalue weighted by Gasteiger charge is 2.47. The van der Waals surface area contributed by atoms with E-state index in [9.17, 15) is 44.3 Å². The number of hydrogen-bond acceptors (Lipinski definition) is 8. The van der Waals surface area contributed by atoms with E-state index in [4.69, 9.17) is 29.7 Å². The lowest BCUT2D eigenvalue weighted by molar-refractivity contribution is -0.193. The lowest BCUT2D eigenvalue weighted by Gasteiger charge is -2.46. The minimum atomic E-state index is -5.08. The van der Waals surface area contributed by atoms with Gasteiger partial charge in [0.25, 0.3) is 0 Å². The zero-order valence-electron chi connectivity index (χ0n) is 22.9. The van der Waals surface area contributed by atoms with Crippen LogP contribution in [0.5, 0.6) is 0 Å². The second-order valence-electron chi connectivity index (χ2n) is 9.27. The lowest BCUT2D eigenvalue weighted by atomic mass is 9.93. The molecule has 1 atom stereocenters. The number of carbonyl (C=O) groups excluding carboxylic acids is 1. The Kier molecular flexibility index (Phi) is 13.7. The van der Waals surface area contributed by atoms with Crippen LogP contribution in [0.3, 0.4) is 0 Å². The van der Waals surface area contributed by atoms with Crippen LogP contribution in [-0.2, 0) is 25.7 Å². The maximum absolute atomic E-state index is 12.5. The summed E-state index contributed by atoms with van der Waals surface area (Å²) in [6.07, 6.45) is -10.4. The Balaban J connectivity index is 0.000000396. The maximum atomic E-state index is 12.5. The van der Waals surface area contributed by atoms with E-state index in [0.29, 0.717) is 6.54 Å². The third-order valence-electron chi connectivity index (χ3n) is 6.02. The van der Waals surface area contributed by atoms with Gasteiger partial charge in [-0.2, -0.15) is 50.9 Å². The Bertz CT molecular complexity index is 1220. The summed E-state index contributed by atoms with van der Waals surface area (Å²) in [5, 5.41) is 25.5. The number of aliphatic carboxylic acids is 3. The molecule has 2 aliphatic rings. The topological polar surface area (TPSA) is 152 Å². The number of carboxylic acids is 3. The minimum absolute atomic E-state index is 0.0536. The fourth-order valence-corrected chi connectivity index (χ4v) is 4.51. The molecule has 0 aromatic carbocycles. The molecule has 252 valence electrons. The number of likely N-dealkylation sites (N-methyl/N-ethyl adjacent to an activating group) is 1. The van der Waals surface area contributed by atoms with Crippen LogP contribution in [0.2, 0.25) is 0 Å². The van der Waals surface area contributed by atoms with Gasteiger partial charge in [0.05, 0.1) is 17.8 Å². The predicted octanol–water partition coefficient (Wildman–Crippen LogP) is 3.97. The van der Waals surface area contributed by atoms with E-state index in [-0.39, 0.29) is 11.4 Å². The Hall–Kier alpha value is -3.98. The van der Waals surface area contributed by atoms with Crippen LogP contribution >= 0.6 is 11.3 Å². The van der Waals surface area contributed by atoms with Crippen LogP contribution in [0.25, 0.3) is 0 Å². The molecule has 2 fully saturated rings. The standard InChI is InChI=1S/C18H22N4OS.3C2HF3O2/c1-20-11-17(23)22(16-4-8-24-12-16)14-18(20)5-7-21(13-18)10-15-3-2-6-19-9-15;3*3-2(4,5)1(6)7/h2-4,6,8-9,12H,5,7,10-11,13-14H2,1H3;3*(H,6,7). The van der Waals surface area contributed by atoms with Crippen LogP contribution in [0.1, 0.15) is 12.0 Å². The van der Waals surface area contributed by atoms with Crippen molar-refractivity contribution in [3.8, 4) is 0 Å². The predicted molar refractivity (Wildman–Crippen MR) is 137 cm³/mol. The second-order valence-corrected chi connectivity index (χ2v) is 10.1. The summed E-state index contributed by atoms with van der Waals surface area (Å²) >= 11 is 1.64. The molecule has 0 bridgehead atoms. The fraction of sp³-hybridized carbons (Fsp3) is 0.458. The lowest BCUT2D eigenvalue weighted by Crippen LogP contribution is -2.64. The quantitative estimate of drug-likeness (QED) is 0.406. The van der Waals surface area contributed by atoms with Crippen molar-refractivity contribution in [2.24, 2.45) is 0 Å². The number of rotatable bonds is 3. The van der Waals surface area contributed by atoms with Gasteiger partial charge in [0, 0.05) is 44.0 Å². The van der Waals surface area contributed by atoms with E-state index in [2.05, 4.69) is 33.3 Å². The fourth-order valence-electron chi connectivity index (χ4n) is 3.87. The van der Waals surface area contributed by atoms with Crippen LogP contribution in [0.4, 0.5) is 45.2 Å². The largest absolute Gasteiger partial charge is 0.490 e. The normalized spacial score (nSPS) is 19.0. The Morgan fingerprint density at radius 1 is 0.911 bits per heavy atom. The number of halogens is 9. The Morgan fingerprint density at radius 3 is 1.82 bits per heavy atom. The van der Waals surface area contributed by atoms with Gasteiger partial charge in [0.2, 0.25) is 5.91 Å². The molecule has 2 aromatic heterocycles. The number of aromatic nitrogens is 1. The summed E-state index contributed by atoms with van der Waals surface area (Å²) in [7, 11) is 2.09. The first-order valence-corrected chi connectivity index (χ1v) is 13.0. The highest BCUT2D eigenvalue weighted by Crippen LogP contribution is 2.34. The summed E-state index contributed by atoms with van der Waals surface area (Å²) in [4.78, 5) is 50.1. The number of thiophene rings is 1. The molecule has 2 saturated heterocycles. The first kappa shape index (κ1) is 39.0. The molecule has 11 nitrogen and oxygen atoms in total. The number of hydrogen-bond donors (Lipinski definition) is 3. The van der Waals surface area contributed by atoms with E-state index < -0.39 is 36.4 Å². The van der Waals surface area contributed by atoms with E-state index in [1.54, 1.807) is 11.3 Å². The minimum Gasteiger partial charge on any atom is -0.475 e. The number of anilines is 1. The van der Waals surface area contributed by atoms with Gasteiger partial charge in [-0.25, -0.2) is 14.4 Å². The van der Waals surface area contributed by atoms with Gasteiger partial charge in [0.15, 0.2) is 0 Å². The first-order valence-electron chi connectivity index (χ1n) is 12.0. The molecule has 3 N–H and O–H groups in total. The van der Waals surface area contributed by atoms with Crippen LogP contribution in [-0.4, -0.2) is 111 Å². The molecule has 1 amide bonds. The summed E-state index contributed by atoms with van der Waals surface area (Å²) in [5.74, 6) is -8.07. The summed E-state index contributed by atoms with van der Waals surface area (Å²) < 4.78 is 95.2. The van der Waals surface area contributed by atoms with E-state index in [0.717, 1.165) is 38.3 Å². The molecule has 1 spiro atoms. The van der Waals surface area contributed by atoms with Crippen molar-refractivity contribution >= 4 is 40.8 Å². The average molecular weight is 685 g/mol. The van der Waals surface area contributed by atoms with Crippen LogP contribution < -0.4 is 4.90 Å². The number of likely N-dealkylation sites (tertiary alicyclic amines) is 1. The highest BCUT2D eigenvalue weighted by molar-refractivity contribution is 7.08. The van der Waals surface area contributed by atoms with Gasteiger partial charge in [-0.05, 0) is 36.5 Å². The molecule has 21 heteroatoms. The van der Waals surface area contributed by atoms with Gasteiger partial charge in [-0.15, -0.1) is 0 Å². The molecule has 0 radical (unpaired) electrons. The van der Waals surface area contributed by atoms with E-state index in [1.165, 1.54) is 5.56 Å². The average Bonchev–Trinajstić information content (AvgIpc) is 3.58. The number of piperazine rings is 1. The SMILES string of the molecule is CN1CC(=O)N(c2ccsc2)CC12CCN(Cc1cccnc1)C2.O=C(O)C(F)(F)F.O=C(O)C(F)(F)F.O=C(O)C(F)(F)F. The van der Waals surface area contributed by atoms with Crippen LogP contribution in [0, 0.1) is 0 Å². The smallest absolute Gasteiger partial charge is 0.475 e. The van der Waals surface area contributed by atoms with Gasteiger partial charge < -0.3 is 20.2 Å². The number of nitrogens with zero attached hydrogens (tertiary/aromatic N) is 4. The zero-order valence-corrected chi connectivity index (χ0v) is 23.7. The number of pyridine rings is 1. The number of amides is 1. The second kappa shape index (κ2) is 15.8. The van der Waals surface area contributed by atoms with Crippen LogP contribution in [0.15, 0.2) is 41.4 Å². The molecule has 1 unspecified atom stereocenters. The maximum Gasteiger partial charge on any atom is 0.490 e. The van der Waals surface area contributed by atoms with Crippen molar-refractivity contribution in [3.05, 3.63) is 46.9 Å². The van der Waals surface area contributed by atoms with Crippen molar-refractivity contribution in [1.82, 2.24) is 14.8 Å². The van der Waals surface area contributed by atoms with Crippen molar-refractivity contribution < 1.29 is 74.0 Å². The van der Waals surface area contributed by atoms with Crippen molar-refractivity contribution in [1.29, 1.82) is 0 Å². The molecule has 0 saturated carbocycles. The number of carbonyl (C=O) groups is 4. The van der Waals surface area contributed by atoms with E-state index in [1.807, 2.05) is 34.8 Å². The molecule has 2 aromatic rings. The molecule has 0 aliphatic carbocycles. The Morgan fingerprint density at radius 2 is 1.42 bits per heavy atom. The van der Waals surface area contributed by atoms with Gasteiger partial charge in [0.1, 0.15) is 0 Å². The molecule has 2 aliphatic heterocycles. The van der Waals surface area contributed by atoms with Crippen molar-refractivity contribution in [2.45, 2.75) is 37.0 Å².